The van der Waals surface area contributed by atoms with Crippen LogP contribution in [0.25, 0.3) is 10.9 Å². The van der Waals surface area contributed by atoms with Gasteiger partial charge < -0.3 is 10.3 Å². The Balaban J connectivity index is 2.11. The fourth-order valence-corrected chi connectivity index (χ4v) is 2.22. The normalized spacial score (nSPS) is 16.1. The molecule has 0 unspecified atom stereocenters. The Morgan fingerprint density at radius 2 is 2.07 bits per heavy atom. The standard InChI is InChI=1S/C13H16N2/c14-7-11-9-15(8-10-5-6-10)13-4-2-1-3-12(11)13/h1-4,9-10H,5-8,14H2. The predicted molar refractivity (Wildman–Crippen MR) is 62.6 cm³/mol. The van der Waals surface area contributed by atoms with Crippen LogP contribution in [0.2, 0.25) is 0 Å². The molecule has 0 atom stereocenters. The molecule has 0 amide bonds. The molecular formula is C13H16N2. The molecule has 0 spiro atoms. The molecule has 1 aromatic carbocycles. The second-order valence-corrected chi connectivity index (χ2v) is 4.47. The summed E-state index contributed by atoms with van der Waals surface area (Å²) < 4.78 is 2.37. The highest BCUT2D eigenvalue weighted by Crippen LogP contribution is 2.32. The first kappa shape index (κ1) is 8.98. The molecule has 2 nitrogen and oxygen atoms in total. The number of aromatic nitrogens is 1. The summed E-state index contributed by atoms with van der Waals surface area (Å²) >= 11 is 0. The molecule has 2 heteroatoms. The van der Waals surface area contributed by atoms with Crippen LogP contribution in [0.15, 0.2) is 30.5 Å². The minimum Gasteiger partial charge on any atom is -0.347 e. The highest BCUT2D eigenvalue weighted by atomic mass is 15.0. The summed E-state index contributed by atoms with van der Waals surface area (Å²) in [6, 6.07) is 8.55. The van der Waals surface area contributed by atoms with Gasteiger partial charge >= 0.3 is 0 Å². The molecule has 3 rings (SSSR count). The van der Waals surface area contributed by atoms with Crippen LogP contribution in [0, 0.1) is 5.92 Å². The lowest BCUT2D eigenvalue weighted by molar-refractivity contribution is 0.645. The number of rotatable bonds is 3. The van der Waals surface area contributed by atoms with E-state index in [9.17, 15) is 0 Å². The topological polar surface area (TPSA) is 30.9 Å². The van der Waals surface area contributed by atoms with Crippen LogP contribution >= 0.6 is 0 Å². The molecule has 2 N–H and O–H groups in total. The molecule has 1 aromatic heterocycles. The molecule has 1 heterocycles. The molecule has 1 aliphatic carbocycles. The van der Waals surface area contributed by atoms with E-state index in [4.69, 9.17) is 5.73 Å². The van der Waals surface area contributed by atoms with Crippen molar-refractivity contribution >= 4 is 10.9 Å². The van der Waals surface area contributed by atoms with Gasteiger partial charge in [-0.1, -0.05) is 18.2 Å². The maximum atomic E-state index is 5.76. The van der Waals surface area contributed by atoms with Crippen molar-refractivity contribution in [2.45, 2.75) is 25.9 Å². The van der Waals surface area contributed by atoms with Crippen LogP contribution in [0.5, 0.6) is 0 Å². The summed E-state index contributed by atoms with van der Waals surface area (Å²) in [4.78, 5) is 0. The summed E-state index contributed by atoms with van der Waals surface area (Å²) in [5.74, 6) is 0.909. The summed E-state index contributed by atoms with van der Waals surface area (Å²) in [7, 11) is 0. The first-order chi connectivity index (χ1) is 7.38. The number of hydrogen-bond donors (Lipinski definition) is 1. The SMILES string of the molecule is NCc1cn(CC2CC2)c2ccccc12. The van der Waals surface area contributed by atoms with Gasteiger partial charge in [0.2, 0.25) is 0 Å². The van der Waals surface area contributed by atoms with Gasteiger partial charge in [-0.3, -0.25) is 0 Å². The van der Waals surface area contributed by atoms with E-state index in [1.807, 2.05) is 0 Å². The average molecular weight is 200 g/mol. The lowest BCUT2D eigenvalue weighted by atomic mass is 10.2. The van der Waals surface area contributed by atoms with E-state index in [1.54, 1.807) is 0 Å². The van der Waals surface area contributed by atoms with E-state index >= 15 is 0 Å². The molecule has 0 radical (unpaired) electrons. The number of para-hydroxylation sites is 1. The second kappa shape index (κ2) is 3.38. The molecular weight excluding hydrogens is 184 g/mol. The molecule has 1 saturated carbocycles. The third kappa shape index (κ3) is 1.55. The Bertz CT molecular complexity index is 480. The van der Waals surface area contributed by atoms with Gasteiger partial charge in [0.05, 0.1) is 0 Å². The highest BCUT2D eigenvalue weighted by molar-refractivity contribution is 5.83. The Morgan fingerprint density at radius 3 is 2.80 bits per heavy atom. The smallest absolute Gasteiger partial charge is 0.0483 e. The van der Waals surface area contributed by atoms with Crippen LogP contribution in [0.4, 0.5) is 0 Å². The van der Waals surface area contributed by atoms with Crippen LogP contribution in [0.3, 0.4) is 0 Å². The molecule has 1 aliphatic rings. The summed E-state index contributed by atoms with van der Waals surface area (Å²) in [5, 5.41) is 1.32. The number of nitrogens with zero attached hydrogens (tertiary/aromatic N) is 1. The Hall–Kier alpha value is -1.28. The Morgan fingerprint density at radius 1 is 1.27 bits per heavy atom. The van der Waals surface area contributed by atoms with E-state index < -0.39 is 0 Å². The fourth-order valence-electron chi connectivity index (χ4n) is 2.22. The second-order valence-electron chi connectivity index (χ2n) is 4.47. The van der Waals surface area contributed by atoms with Gasteiger partial charge in [-0.25, -0.2) is 0 Å². The van der Waals surface area contributed by atoms with E-state index in [0.29, 0.717) is 6.54 Å². The molecule has 0 saturated heterocycles. The fraction of sp³-hybridized carbons (Fsp3) is 0.385. The van der Waals surface area contributed by atoms with Crippen molar-refractivity contribution in [1.82, 2.24) is 4.57 Å². The first-order valence-corrected chi connectivity index (χ1v) is 5.65. The third-order valence-electron chi connectivity index (χ3n) is 3.24. The predicted octanol–water partition coefficient (Wildman–Crippen LogP) is 2.51. The molecule has 78 valence electrons. The van der Waals surface area contributed by atoms with Gasteiger partial charge in [-0.2, -0.15) is 0 Å². The first-order valence-electron chi connectivity index (χ1n) is 5.65. The Labute approximate surface area is 89.7 Å². The lowest BCUT2D eigenvalue weighted by Gasteiger charge is -2.02. The minimum atomic E-state index is 0.637. The molecule has 15 heavy (non-hydrogen) atoms. The zero-order valence-corrected chi connectivity index (χ0v) is 8.82. The van der Waals surface area contributed by atoms with Crippen molar-refractivity contribution in [2.75, 3.05) is 0 Å². The van der Waals surface area contributed by atoms with Crippen molar-refractivity contribution in [3.05, 3.63) is 36.0 Å². The maximum absolute atomic E-state index is 5.76. The maximum Gasteiger partial charge on any atom is 0.0483 e. The van der Waals surface area contributed by atoms with E-state index in [0.717, 1.165) is 5.92 Å². The van der Waals surface area contributed by atoms with Crippen molar-refractivity contribution in [2.24, 2.45) is 11.7 Å². The third-order valence-corrected chi connectivity index (χ3v) is 3.24. The number of fused-ring (bicyclic) bond motifs is 1. The van der Waals surface area contributed by atoms with Crippen molar-refractivity contribution in [3.63, 3.8) is 0 Å². The zero-order valence-electron chi connectivity index (χ0n) is 8.82. The number of benzene rings is 1. The van der Waals surface area contributed by atoms with Gasteiger partial charge in [0.15, 0.2) is 0 Å². The van der Waals surface area contributed by atoms with Crippen LogP contribution in [0.1, 0.15) is 18.4 Å². The van der Waals surface area contributed by atoms with Gasteiger partial charge in [0, 0.05) is 30.2 Å². The van der Waals surface area contributed by atoms with Crippen molar-refractivity contribution in [3.8, 4) is 0 Å². The zero-order chi connectivity index (χ0) is 10.3. The van der Waals surface area contributed by atoms with E-state index in [-0.39, 0.29) is 0 Å². The Kier molecular flexibility index (Phi) is 2.03. The van der Waals surface area contributed by atoms with E-state index in [1.165, 1.54) is 35.9 Å². The molecule has 1 fully saturated rings. The summed E-state index contributed by atoms with van der Waals surface area (Å²) in [5.41, 5.74) is 8.37. The molecule has 2 aromatic rings. The van der Waals surface area contributed by atoms with Crippen LogP contribution in [-0.4, -0.2) is 4.57 Å². The van der Waals surface area contributed by atoms with Gasteiger partial charge in [-0.15, -0.1) is 0 Å². The highest BCUT2D eigenvalue weighted by Gasteiger charge is 2.22. The summed E-state index contributed by atoms with van der Waals surface area (Å²) in [6.07, 6.45) is 5.01. The van der Waals surface area contributed by atoms with Gasteiger partial charge in [-0.05, 0) is 30.4 Å². The lowest BCUT2D eigenvalue weighted by Crippen LogP contribution is -1.98. The van der Waals surface area contributed by atoms with Crippen molar-refractivity contribution in [1.29, 1.82) is 0 Å². The minimum absolute atomic E-state index is 0.637. The van der Waals surface area contributed by atoms with Crippen LogP contribution < -0.4 is 5.73 Å². The quantitative estimate of drug-likeness (QED) is 0.811. The monoisotopic (exact) mass is 200 g/mol. The summed E-state index contributed by atoms with van der Waals surface area (Å²) in [6.45, 7) is 1.80. The van der Waals surface area contributed by atoms with E-state index in [2.05, 4.69) is 35.0 Å². The average Bonchev–Trinajstić information content (AvgIpc) is 3.01. The number of nitrogens with two attached hydrogens (primary N) is 1. The van der Waals surface area contributed by atoms with Crippen molar-refractivity contribution < 1.29 is 0 Å². The van der Waals surface area contributed by atoms with Crippen LogP contribution in [-0.2, 0) is 13.1 Å². The van der Waals surface area contributed by atoms with Gasteiger partial charge in [0.1, 0.15) is 0 Å². The van der Waals surface area contributed by atoms with Gasteiger partial charge in [0.25, 0.3) is 0 Å². The molecule has 0 bridgehead atoms. The molecule has 0 aliphatic heterocycles. The number of hydrogen-bond acceptors (Lipinski definition) is 1. The largest absolute Gasteiger partial charge is 0.347 e.